The quantitative estimate of drug-likeness (QED) is 0.590. The normalized spacial score (nSPS) is 27.7. The van der Waals surface area contributed by atoms with Crippen molar-refractivity contribution in [2.45, 2.75) is 6.42 Å². The molecule has 2 heterocycles. The van der Waals surface area contributed by atoms with Gasteiger partial charge >= 0.3 is 11.8 Å². The van der Waals surface area contributed by atoms with E-state index in [4.69, 9.17) is 0 Å². The SMILES string of the molecule is CN1CCN(CC2CCNC2)C(=O)C1=O. The van der Waals surface area contributed by atoms with E-state index in [0.717, 1.165) is 26.1 Å². The molecule has 0 spiro atoms. The molecule has 5 nitrogen and oxygen atoms in total. The molecule has 0 aromatic rings. The number of hydrogen-bond donors (Lipinski definition) is 1. The highest BCUT2D eigenvalue weighted by Crippen LogP contribution is 2.12. The summed E-state index contributed by atoms with van der Waals surface area (Å²) in [7, 11) is 1.68. The summed E-state index contributed by atoms with van der Waals surface area (Å²) in [6, 6.07) is 0. The Morgan fingerprint density at radius 1 is 1.33 bits per heavy atom. The first-order valence-electron chi connectivity index (χ1n) is 5.43. The maximum absolute atomic E-state index is 11.6. The van der Waals surface area contributed by atoms with Crippen LogP contribution in [0.5, 0.6) is 0 Å². The Balaban J connectivity index is 1.92. The van der Waals surface area contributed by atoms with Gasteiger partial charge in [0, 0.05) is 26.7 Å². The zero-order chi connectivity index (χ0) is 10.8. The molecule has 0 bridgehead atoms. The highest BCUT2D eigenvalue weighted by Gasteiger charge is 2.31. The van der Waals surface area contributed by atoms with Gasteiger partial charge < -0.3 is 15.1 Å². The van der Waals surface area contributed by atoms with Gasteiger partial charge in [-0.15, -0.1) is 0 Å². The minimum atomic E-state index is -0.368. The molecule has 1 N–H and O–H groups in total. The largest absolute Gasteiger partial charge is 0.336 e. The van der Waals surface area contributed by atoms with Crippen LogP contribution in [0.25, 0.3) is 0 Å². The van der Waals surface area contributed by atoms with Crippen LogP contribution in [0.4, 0.5) is 0 Å². The molecule has 2 rings (SSSR count). The lowest BCUT2D eigenvalue weighted by molar-refractivity contribution is -0.155. The van der Waals surface area contributed by atoms with Crippen LogP contribution < -0.4 is 5.32 Å². The number of amides is 2. The van der Waals surface area contributed by atoms with Crippen molar-refractivity contribution < 1.29 is 9.59 Å². The molecule has 2 saturated heterocycles. The predicted octanol–water partition coefficient (Wildman–Crippen LogP) is -1.10. The second-order valence-electron chi connectivity index (χ2n) is 4.34. The van der Waals surface area contributed by atoms with E-state index in [2.05, 4.69) is 5.32 Å². The zero-order valence-corrected chi connectivity index (χ0v) is 9.03. The summed E-state index contributed by atoms with van der Waals surface area (Å²) >= 11 is 0. The fourth-order valence-electron chi connectivity index (χ4n) is 2.13. The Bertz CT molecular complexity index is 274. The van der Waals surface area contributed by atoms with Gasteiger partial charge in [-0.1, -0.05) is 0 Å². The van der Waals surface area contributed by atoms with E-state index in [1.165, 1.54) is 4.90 Å². The summed E-state index contributed by atoms with van der Waals surface area (Å²) in [5.74, 6) is -0.187. The monoisotopic (exact) mass is 211 g/mol. The van der Waals surface area contributed by atoms with Crippen LogP contribution in [-0.2, 0) is 9.59 Å². The number of hydrogen-bond acceptors (Lipinski definition) is 3. The first-order chi connectivity index (χ1) is 7.18. The summed E-state index contributed by atoms with van der Waals surface area (Å²) in [5, 5.41) is 3.26. The Morgan fingerprint density at radius 2 is 2.13 bits per heavy atom. The number of piperazine rings is 1. The number of rotatable bonds is 2. The third kappa shape index (κ3) is 2.12. The number of likely N-dealkylation sites (N-methyl/N-ethyl adjacent to an activating group) is 1. The summed E-state index contributed by atoms with van der Waals surface area (Å²) in [6.45, 7) is 4.06. The molecule has 2 aliphatic rings. The van der Waals surface area contributed by atoms with Gasteiger partial charge in [0.2, 0.25) is 0 Å². The Kier molecular flexibility index (Phi) is 2.90. The lowest BCUT2D eigenvalue weighted by Crippen LogP contribution is -2.53. The van der Waals surface area contributed by atoms with Crippen molar-refractivity contribution in [2.24, 2.45) is 5.92 Å². The number of nitrogens with one attached hydrogen (secondary N) is 1. The van der Waals surface area contributed by atoms with Crippen molar-refractivity contribution in [2.75, 3.05) is 39.8 Å². The number of carbonyl (C=O) groups excluding carboxylic acids is 2. The van der Waals surface area contributed by atoms with Gasteiger partial charge in [-0.25, -0.2) is 0 Å². The molecule has 5 heteroatoms. The molecule has 2 aliphatic heterocycles. The Hall–Kier alpha value is -1.10. The average Bonchev–Trinajstić information content (AvgIpc) is 2.72. The average molecular weight is 211 g/mol. The van der Waals surface area contributed by atoms with E-state index >= 15 is 0 Å². The van der Waals surface area contributed by atoms with Crippen molar-refractivity contribution in [1.82, 2.24) is 15.1 Å². The topological polar surface area (TPSA) is 52.6 Å². The molecule has 2 fully saturated rings. The maximum Gasteiger partial charge on any atom is 0.312 e. The fraction of sp³-hybridized carbons (Fsp3) is 0.800. The van der Waals surface area contributed by atoms with Crippen LogP contribution in [0, 0.1) is 5.92 Å². The molecule has 84 valence electrons. The first kappa shape index (κ1) is 10.4. The minimum absolute atomic E-state index is 0.337. The van der Waals surface area contributed by atoms with Gasteiger partial charge in [-0.2, -0.15) is 0 Å². The van der Waals surface area contributed by atoms with Gasteiger partial charge in [0.1, 0.15) is 0 Å². The third-order valence-corrected chi connectivity index (χ3v) is 3.16. The van der Waals surface area contributed by atoms with Crippen LogP contribution in [0.1, 0.15) is 6.42 Å². The van der Waals surface area contributed by atoms with Crippen molar-refractivity contribution in [3.8, 4) is 0 Å². The van der Waals surface area contributed by atoms with Crippen LogP contribution in [0.15, 0.2) is 0 Å². The molecule has 15 heavy (non-hydrogen) atoms. The number of carbonyl (C=O) groups is 2. The van der Waals surface area contributed by atoms with Crippen LogP contribution in [0.2, 0.25) is 0 Å². The molecule has 1 atom stereocenters. The van der Waals surface area contributed by atoms with E-state index in [1.54, 1.807) is 11.9 Å². The lowest BCUT2D eigenvalue weighted by Gasteiger charge is -2.32. The van der Waals surface area contributed by atoms with E-state index in [0.29, 0.717) is 19.0 Å². The Morgan fingerprint density at radius 3 is 2.80 bits per heavy atom. The summed E-state index contributed by atoms with van der Waals surface area (Å²) in [4.78, 5) is 26.3. The molecule has 0 aromatic carbocycles. The summed E-state index contributed by atoms with van der Waals surface area (Å²) in [5.41, 5.74) is 0. The number of nitrogens with zero attached hydrogens (tertiary/aromatic N) is 2. The maximum atomic E-state index is 11.6. The predicted molar refractivity (Wildman–Crippen MR) is 55.2 cm³/mol. The van der Waals surface area contributed by atoms with E-state index in [9.17, 15) is 9.59 Å². The van der Waals surface area contributed by atoms with Crippen molar-refractivity contribution in [3.63, 3.8) is 0 Å². The molecule has 0 aromatic heterocycles. The van der Waals surface area contributed by atoms with E-state index < -0.39 is 0 Å². The lowest BCUT2D eigenvalue weighted by atomic mass is 10.1. The third-order valence-electron chi connectivity index (χ3n) is 3.16. The van der Waals surface area contributed by atoms with Gasteiger partial charge in [0.15, 0.2) is 0 Å². The van der Waals surface area contributed by atoms with Crippen LogP contribution >= 0.6 is 0 Å². The van der Waals surface area contributed by atoms with E-state index in [-0.39, 0.29) is 11.8 Å². The fourth-order valence-corrected chi connectivity index (χ4v) is 2.13. The molecule has 2 amide bonds. The smallest absolute Gasteiger partial charge is 0.312 e. The van der Waals surface area contributed by atoms with Crippen LogP contribution in [0.3, 0.4) is 0 Å². The molecular formula is C10H17N3O2. The molecule has 0 radical (unpaired) electrons. The van der Waals surface area contributed by atoms with Gasteiger partial charge in [-0.3, -0.25) is 9.59 Å². The van der Waals surface area contributed by atoms with Gasteiger partial charge in [0.05, 0.1) is 0 Å². The molecule has 1 unspecified atom stereocenters. The van der Waals surface area contributed by atoms with Crippen molar-refractivity contribution in [3.05, 3.63) is 0 Å². The standard InChI is InChI=1S/C10H17N3O2/c1-12-4-5-13(10(15)9(12)14)7-8-2-3-11-6-8/h8,11H,2-7H2,1H3. The molecule has 0 saturated carbocycles. The zero-order valence-electron chi connectivity index (χ0n) is 9.03. The second-order valence-corrected chi connectivity index (χ2v) is 4.34. The van der Waals surface area contributed by atoms with E-state index in [1.807, 2.05) is 0 Å². The van der Waals surface area contributed by atoms with Gasteiger partial charge in [-0.05, 0) is 25.4 Å². The second kappa shape index (κ2) is 4.18. The van der Waals surface area contributed by atoms with Crippen molar-refractivity contribution >= 4 is 11.8 Å². The first-order valence-corrected chi connectivity index (χ1v) is 5.43. The summed E-state index contributed by atoms with van der Waals surface area (Å²) < 4.78 is 0. The highest BCUT2D eigenvalue weighted by atomic mass is 16.2. The van der Waals surface area contributed by atoms with Crippen molar-refractivity contribution in [1.29, 1.82) is 0 Å². The van der Waals surface area contributed by atoms with Crippen LogP contribution in [-0.4, -0.2) is 61.4 Å². The molecular weight excluding hydrogens is 194 g/mol. The van der Waals surface area contributed by atoms with Gasteiger partial charge in [0.25, 0.3) is 0 Å². The Labute approximate surface area is 89.4 Å². The minimum Gasteiger partial charge on any atom is -0.336 e. The highest BCUT2D eigenvalue weighted by molar-refractivity contribution is 6.35. The molecule has 0 aliphatic carbocycles. The summed E-state index contributed by atoms with van der Waals surface area (Å²) in [6.07, 6.45) is 1.10.